The van der Waals surface area contributed by atoms with Crippen LogP contribution in [0.5, 0.6) is 0 Å². The summed E-state index contributed by atoms with van der Waals surface area (Å²) in [5.74, 6) is 0. The lowest BCUT2D eigenvalue weighted by Gasteiger charge is -2.07. The predicted octanol–water partition coefficient (Wildman–Crippen LogP) is 3.51. The Bertz CT molecular complexity index is 589. The van der Waals surface area contributed by atoms with Crippen molar-refractivity contribution in [3.8, 4) is 0 Å². The summed E-state index contributed by atoms with van der Waals surface area (Å²) >= 11 is 0. The van der Waals surface area contributed by atoms with Gasteiger partial charge in [0.05, 0.1) is 0 Å². The zero-order valence-corrected chi connectivity index (χ0v) is 13.0. The molecule has 0 aliphatic carbocycles. The number of rotatable bonds is 7. The van der Waals surface area contributed by atoms with Crippen molar-refractivity contribution in [2.45, 2.75) is 39.5 Å². The molecule has 0 bridgehead atoms. The van der Waals surface area contributed by atoms with E-state index in [9.17, 15) is 4.79 Å². The molecule has 1 heterocycles. The van der Waals surface area contributed by atoms with Crippen molar-refractivity contribution in [2.24, 2.45) is 0 Å². The number of aromatic amines is 1. The van der Waals surface area contributed by atoms with E-state index in [1.54, 1.807) is 0 Å². The second-order valence-electron chi connectivity index (χ2n) is 5.41. The number of nitrogens with one attached hydrogen (secondary N) is 3. The number of aryl methyl sites for hydroxylation is 1. The van der Waals surface area contributed by atoms with Crippen LogP contribution < -0.4 is 10.6 Å². The van der Waals surface area contributed by atoms with Crippen molar-refractivity contribution >= 4 is 16.9 Å². The molecule has 0 aliphatic heterocycles. The second-order valence-corrected chi connectivity index (χ2v) is 5.41. The van der Waals surface area contributed by atoms with Crippen LogP contribution in [0.25, 0.3) is 10.9 Å². The van der Waals surface area contributed by atoms with E-state index < -0.39 is 0 Å². The quantitative estimate of drug-likeness (QED) is 0.671. The number of carbonyl (C=O) groups is 1. The van der Waals surface area contributed by atoms with Crippen molar-refractivity contribution in [3.05, 3.63) is 35.5 Å². The van der Waals surface area contributed by atoms with Crippen LogP contribution in [0.15, 0.2) is 24.3 Å². The molecule has 2 amide bonds. The van der Waals surface area contributed by atoms with Crippen LogP contribution in [0.4, 0.5) is 4.79 Å². The number of hydrogen-bond acceptors (Lipinski definition) is 1. The minimum Gasteiger partial charge on any atom is -0.358 e. The molecule has 1 aromatic carbocycles. The number of amides is 2. The normalized spacial score (nSPS) is 10.8. The van der Waals surface area contributed by atoms with Crippen molar-refractivity contribution in [2.75, 3.05) is 13.1 Å². The first kappa shape index (κ1) is 15.4. The van der Waals surface area contributed by atoms with Gasteiger partial charge in [0.25, 0.3) is 0 Å². The van der Waals surface area contributed by atoms with Gasteiger partial charge in [0.1, 0.15) is 0 Å². The number of H-pyrrole nitrogens is 1. The van der Waals surface area contributed by atoms with Gasteiger partial charge in [-0.1, -0.05) is 38.0 Å². The van der Waals surface area contributed by atoms with E-state index in [4.69, 9.17) is 0 Å². The second kappa shape index (κ2) is 7.72. The van der Waals surface area contributed by atoms with Crippen molar-refractivity contribution in [1.82, 2.24) is 15.6 Å². The lowest BCUT2D eigenvalue weighted by atomic mass is 10.1. The van der Waals surface area contributed by atoms with Crippen LogP contribution in [-0.4, -0.2) is 24.1 Å². The Morgan fingerprint density at radius 2 is 1.90 bits per heavy atom. The van der Waals surface area contributed by atoms with Crippen LogP contribution in [0, 0.1) is 6.92 Å². The van der Waals surface area contributed by atoms with Gasteiger partial charge in [-0.25, -0.2) is 4.79 Å². The Hall–Kier alpha value is -1.97. The third-order valence-electron chi connectivity index (χ3n) is 3.75. The zero-order valence-electron chi connectivity index (χ0n) is 13.0. The molecule has 0 atom stereocenters. The van der Waals surface area contributed by atoms with Crippen LogP contribution >= 0.6 is 0 Å². The van der Waals surface area contributed by atoms with Crippen LogP contribution in [-0.2, 0) is 6.42 Å². The predicted molar refractivity (Wildman–Crippen MR) is 87.7 cm³/mol. The fraction of sp³-hybridized carbons (Fsp3) is 0.471. The zero-order chi connectivity index (χ0) is 15.1. The van der Waals surface area contributed by atoms with Gasteiger partial charge in [-0.3, -0.25) is 0 Å². The number of carbonyl (C=O) groups excluding carboxylic acids is 1. The monoisotopic (exact) mass is 287 g/mol. The van der Waals surface area contributed by atoms with Gasteiger partial charge < -0.3 is 15.6 Å². The Balaban J connectivity index is 1.80. The molecule has 0 spiro atoms. The van der Waals surface area contributed by atoms with Crippen LogP contribution in [0.2, 0.25) is 0 Å². The van der Waals surface area contributed by atoms with Gasteiger partial charge in [-0.2, -0.15) is 0 Å². The Morgan fingerprint density at radius 1 is 1.14 bits per heavy atom. The molecule has 114 valence electrons. The molecule has 4 heteroatoms. The summed E-state index contributed by atoms with van der Waals surface area (Å²) in [4.78, 5) is 15.0. The number of unbranched alkanes of at least 4 members (excludes halogenated alkanes) is 2. The van der Waals surface area contributed by atoms with Crippen molar-refractivity contribution in [3.63, 3.8) is 0 Å². The first-order valence-corrected chi connectivity index (χ1v) is 7.80. The van der Waals surface area contributed by atoms with Gasteiger partial charge in [-0.05, 0) is 31.4 Å². The van der Waals surface area contributed by atoms with Gasteiger partial charge >= 0.3 is 6.03 Å². The molecular formula is C17H25N3O. The molecule has 0 radical (unpaired) electrons. The summed E-state index contributed by atoms with van der Waals surface area (Å²) in [6.45, 7) is 5.65. The molecule has 2 rings (SSSR count). The van der Waals surface area contributed by atoms with Gasteiger partial charge in [0.2, 0.25) is 0 Å². The summed E-state index contributed by atoms with van der Waals surface area (Å²) in [7, 11) is 0. The molecule has 2 aromatic rings. The van der Waals surface area contributed by atoms with E-state index in [0.29, 0.717) is 6.54 Å². The van der Waals surface area contributed by atoms with Gasteiger partial charge in [0, 0.05) is 29.7 Å². The Labute approximate surface area is 126 Å². The maximum atomic E-state index is 11.7. The van der Waals surface area contributed by atoms with Gasteiger partial charge in [-0.15, -0.1) is 0 Å². The summed E-state index contributed by atoms with van der Waals surface area (Å²) in [6.07, 6.45) is 4.22. The molecule has 0 saturated carbocycles. The fourth-order valence-electron chi connectivity index (χ4n) is 2.60. The topological polar surface area (TPSA) is 56.9 Å². The lowest BCUT2D eigenvalue weighted by molar-refractivity contribution is 0.241. The number of fused-ring (bicyclic) bond motifs is 1. The Morgan fingerprint density at radius 3 is 2.71 bits per heavy atom. The number of benzene rings is 1. The van der Waals surface area contributed by atoms with E-state index in [1.165, 1.54) is 23.1 Å². The third-order valence-corrected chi connectivity index (χ3v) is 3.75. The highest BCUT2D eigenvalue weighted by molar-refractivity contribution is 5.84. The Kier molecular flexibility index (Phi) is 5.67. The minimum absolute atomic E-state index is 0.0661. The summed E-state index contributed by atoms with van der Waals surface area (Å²) in [6, 6.07) is 8.22. The molecular weight excluding hydrogens is 262 g/mol. The summed E-state index contributed by atoms with van der Waals surface area (Å²) in [5.41, 5.74) is 3.63. The van der Waals surface area contributed by atoms with E-state index in [1.807, 2.05) is 12.1 Å². The highest BCUT2D eigenvalue weighted by Crippen LogP contribution is 2.21. The van der Waals surface area contributed by atoms with E-state index in [2.05, 4.69) is 41.6 Å². The molecule has 3 N–H and O–H groups in total. The average Bonchev–Trinajstić information content (AvgIpc) is 2.80. The first-order valence-electron chi connectivity index (χ1n) is 7.80. The number of hydrogen-bond donors (Lipinski definition) is 3. The maximum absolute atomic E-state index is 11.7. The third kappa shape index (κ3) is 4.25. The maximum Gasteiger partial charge on any atom is 0.314 e. The van der Waals surface area contributed by atoms with Crippen LogP contribution in [0.3, 0.4) is 0 Å². The standard InChI is InChI=1S/C17H25N3O/c1-3-4-7-11-18-17(21)19-12-10-14-13(2)20-16-9-6-5-8-15(14)16/h5-6,8-9,20H,3-4,7,10-12H2,1-2H3,(H2,18,19,21). The number of para-hydroxylation sites is 1. The SMILES string of the molecule is CCCCCNC(=O)NCCc1c(C)[nH]c2ccccc12. The molecule has 1 aromatic heterocycles. The first-order chi connectivity index (χ1) is 10.2. The number of urea groups is 1. The summed E-state index contributed by atoms with van der Waals surface area (Å²) in [5, 5.41) is 7.07. The van der Waals surface area contributed by atoms with E-state index in [0.717, 1.165) is 31.3 Å². The highest BCUT2D eigenvalue weighted by Gasteiger charge is 2.08. The fourth-order valence-corrected chi connectivity index (χ4v) is 2.60. The largest absolute Gasteiger partial charge is 0.358 e. The minimum atomic E-state index is -0.0661. The summed E-state index contributed by atoms with van der Waals surface area (Å²) < 4.78 is 0. The molecule has 4 nitrogen and oxygen atoms in total. The van der Waals surface area contributed by atoms with Gasteiger partial charge in [0.15, 0.2) is 0 Å². The molecule has 0 unspecified atom stereocenters. The lowest BCUT2D eigenvalue weighted by Crippen LogP contribution is -2.37. The molecule has 21 heavy (non-hydrogen) atoms. The number of aromatic nitrogens is 1. The molecule has 0 saturated heterocycles. The van der Waals surface area contributed by atoms with E-state index in [-0.39, 0.29) is 6.03 Å². The molecule has 0 aliphatic rings. The average molecular weight is 287 g/mol. The van der Waals surface area contributed by atoms with E-state index >= 15 is 0 Å². The van der Waals surface area contributed by atoms with Crippen molar-refractivity contribution in [1.29, 1.82) is 0 Å². The smallest absolute Gasteiger partial charge is 0.314 e. The van der Waals surface area contributed by atoms with Crippen molar-refractivity contribution < 1.29 is 4.79 Å². The highest BCUT2D eigenvalue weighted by atomic mass is 16.2. The molecule has 0 fully saturated rings. The van der Waals surface area contributed by atoms with Crippen LogP contribution in [0.1, 0.15) is 37.4 Å².